The fourth-order valence-corrected chi connectivity index (χ4v) is 1.33. The van der Waals surface area contributed by atoms with Crippen LogP contribution < -0.4 is 0 Å². The quantitative estimate of drug-likeness (QED) is 0.510. The van der Waals surface area contributed by atoms with Crippen LogP contribution >= 0.6 is 12.6 Å². The molecule has 11 heavy (non-hydrogen) atoms. The van der Waals surface area contributed by atoms with Gasteiger partial charge in [-0.25, -0.2) is 0 Å². The molecule has 0 spiro atoms. The Morgan fingerprint density at radius 2 is 1.73 bits per heavy atom. The van der Waals surface area contributed by atoms with Gasteiger partial charge in [-0.05, 0) is 30.7 Å². The Bertz CT molecular complexity index is 170. The molecule has 1 aromatic heterocycles. The zero-order valence-electron chi connectivity index (χ0n) is 6.74. The van der Waals surface area contributed by atoms with Crippen LogP contribution in [0.25, 0.3) is 0 Å². The van der Waals surface area contributed by atoms with E-state index in [9.17, 15) is 0 Å². The first-order valence-electron chi connectivity index (χ1n) is 4.15. The Hall–Kier alpha value is -0.370. The summed E-state index contributed by atoms with van der Waals surface area (Å²) in [7, 11) is 0. The van der Waals surface area contributed by atoms with Crippen LogP contribution in [0.4, 0.5) is 0 Å². The van der Waals surface area contributed by atoms with E-state index in [1.54, 1.807) is 0 Å². The highest BCUT2D eigenvalue weighted by Crippen LogP contribution is 2.00. The third-order valence-electron chi connectivity index (χ3n) is 1.74. The van der Waals surface area contributed by atoms with Crippen LogP contribution in [0.2, 0.25) is 0 Å². The lowest BCUT2D eigenvalue weighted by Crippen LogP contribution is -1.93. The average molecular weight is 169 g/mol. The molecular weight excluding hydrogens is 154 g/mol. The number of nitrogens with zero attached hydrogens (tertiary/aromatic N) is 1. The Morgan fingerprint density at radius 1 is 1.00 bits per heavy atom. The largest absolute Gasteiger partial charge is 0.354 e. The minimum atomic E-state index is 1.02. The van der Waals surface area contributed by atoms with Gasteiger partial charge >= 0.3 is 0 Å². The molecule has 0 unspecified atom stereocenters. The van der Waals surface area contributed by atoms with Crippen LogP contribution in [0, 0.1) is 0 Å². The summed E-state index contributed by atoms with van der Waals surface area (Å²) in [5.41, 5.74) is 0. The molecule has 2 heteroatoms. The van der Waals surface area contributed by atoms with Gasteiger partial charge in [0.15, 0.2) is 0 Å². The van der Waals surface area contributed by atoms with Crippen molar-refractivity contribution in [1.29, 1.82) is 0 Å². The molecule has 0 bridgehead atoms. The van der Waals surface area contributed by atoms with E-state index in [2.05, 4.69) is 41.7 Å². The summed E-state index contributed by atoms with van der Waals surface area (Å²) in [4.78, 5) is 0. The van der Waals surface area contributed by atoms with Gasteiger partial charge in [0.2, 0.25) is 0 Å². The standard InChI is InChI=1S/C9H15NS/c11-9-5-1-2-6-10-7-3-4-8-10/h3-4,7-8,11H,1-2,5-6,9H2. The van der Waals surface area contributed by atoms with Crippen molar-refractivity contribution in [2.24, 2.45) is 0 Å². The van der Waals surface area contributed by atoms with Crippen molar-refractivity contribution in [2.45, 2.75) is 25.8 Å². The molecule has 0 N–H and O–H groups in total. The first-order valence-corrected chi connectivity index (χ1v) is 4.78. The zero-order chi connectivity index (χ0) is 7.94. The average Bonchev–Trinajstić information content (AvgIpc) is 2.50. The molecule has 0 aliphatic heterocycles. The van der Waals surface area contributed by atoms with Crippen molar-refractivity contribution in [3.05, 3.63) is 24.5 Å². The topological polar surface area (TPSA) is 4.93 Å². The molecular formula is C9H15NS. The predicted octanol–water partition coefficient (Wildman–Crippen LogP) is 2.59. The number of aryl methyl sites for hydroxylation is 1. The van der Waals surface area contributed by atoms with Gasteiger partial charge in [-0.2, -0.15) is 12.6 Å². The summed E-state index contributed by atoms with van der Waals surface area (Å²) in [6, 6.07) is 4.14. The van der Waals surface area contributed by atoms with Crippen molar-refractivity contribution < 1.29 is 0 Å². The lowest BCUT2D eigenvalue weighted by molar-refractivity contribution is 0.607. The van der Waals surface area contributed by atoms with Gasteiger partial charge < -0.3 is 4.57 Å². The van der Waals surface area contributed by atoms with E-state index in [0.29, 0.717) is 0 Å². The number of rotatable bonds is 5. The molecule has 0 saturated carbocycles. The Labute approximate surface area is 73.8 Å². The second kappa shape index (κ2) is 5.30. The maximum absolute atomic E-state index is 4.16. The Kier molecular flexibility index (Phi) is 4.21. The molecule has 0 aliphatic rings. The van der Waals surface area contributed by atoms with E-state index in [-0.39, 0.29) is 0 Å². The summed E-state index contributed by atoms with van der Waals surface area (Å²) >= 11 is 4.16. The highest BCUT2D eigenvalue weighted by atomic mass is 32.1. The minimum Gasteiger partial charge on any atom is -0.354 e. The van der Waals surface area contributed by atoms with Crippen molar-refractivity contribution in [2.75, 3.05) is 5.75 Å². The maximum atomic E-state index is 4.16. The van der Waals surface area contributed by atoms with Crippen LogP contribution in [0.15, 0.2) is 24.5 Å². The lowest BCUT2D eigenvalue weighted by atomic mass is 10.2. The zero-order valence-corrected chi connectivity index (χ0v) is 7.63. The van der Waals surface area contributed by atoms with E-state index in [4.69, 9.17) is 0 Å². The van der Waals surface area contributed by atoms with Gasteiger partial charge in [-0.3, -0.25) is 0 Å². The molecule has 1 nitrogen and oxygen atoms in total. The second-order valence-corrected chi connectivity index (χ2v) is 3.15. The monoisotopic (exact) mass is 169 g/mol. The summed E-state index contributed by atoms with van der Waals surface area (Å²) in [6.07, 6.45) is 8.03. The Morgan fingerprint density at radius 3 is 2.36 bits per heavy atom. The van der Waals surface area contributed by atoms with Gasteiger partial charge in [-0.1, -0.05) is 6.42 Å². The number of hydrogen-bond donors (Lipinski definition) is 1. The van der Waals surface area contributed by atoms with Gasteiger partial charge in [0.1, 0.15) is 0 Å². The van der Waals surface area contributed by atoms with Gasteiger partial charge in [0.25, 0.3) is 0 Å². The molecule has 1 aromatic rings. The summed E-state index contributed by atoms with van der Waals surface area (Å²) in [5.74, 6) is 1.02. The lowest BCUT2D eigenvalue weighted by Gasteiger charge is -2.00. The van der Waals surface area contributed by atoms with E-state index in [1.165, 1.54) is 19.3 Å². The van der Waals surface area contributed by atoms with Crippen molar-refractivity contribution in [1.82, 2.24) is 4.57 Å². The molecule has 0 aromatic carbocycles. The summed E-state index contributed by atoms with van der Waals surface area (Å²) in [5, 5.41) is 0. The molecule has 62 valence electrons. The molecule has 1 heterocycles. The van der Waals surface area contributed by atoms with E-state index < -0.39 is 0 Å². The predicted molar refractivity (Wildman–Crippen MR) is 52.1 cm³/mol. The SMILES string of the molecule is SCCCCCn1cccc1. The van der Waals surface area contributed by atoms with Crippen molar-refractivity contribution in [3.63, 3.8) is 0 Å². The molecule has 0 radical (unpaired) electrons. The molecule has 0 saturated heterocycles. The smallest absolute Gasteiger partial charge is 0.0219 e. The van der Waals surface area contributed by atoms with E-state index >= 15 is 0 Å². The first-order chi connectivity index (χ1) is 5.43. The van der Waals surface area contributed by atoms with E-state index in [0.717, 1.165) is 12.3 Å². The Balaban J connectivity index is 2.04. The fraction of sp³-hybridized carbons (Fsp3) is 0.556. The summed E-state index contributed by atoms with van der Waals surface area (Å²) < 4.78 is 2.22. The fourth-order valence-electron chi connectivity index (χ4n) is 1.10. The second-order valence-electron chi connectivity index (χ2n) is 2.71. The number of hydrogen-bond acceptors (Lipinski definition) is 1. The highest BCUT2D eigenvalue weighted by Gasteiger charge is 1.88. The highest BCUT2D eigenvalue weighted by molar-refractivity contribution is 7.80. The van der Waals surface area contributed by atoms with Gasteiger partial charge in [0, 0.05) is 18.9 Å². The van der Waals surface area contributed by atoms with Crippen LogP contribution in [-0.2, 0) is 6.54 Å². The third kappa shape index (κ3) is 3.51. The van der Waals surface area contributed by atoms with Crippen LogP contribution in [0.5, 0.6) is 0 Å². The first kappa shape index (κ1) is 8.72. The van der Waals surface area contributed by atoms with Crippen LogP contribution in [-0.4, -0.2) is 10.3 Å². The van der Waals surface area contributed by atoms with Gasteiger partial charge in [0.05, 0.1) is 0 Å². The molecule has 0 aliphatic carbocycles. The van der Waals surface area contributed by atoms with Crippen LogP contribution in [0.3, 0.4) is 0 Å². The minimum absolute atomic E-state index is 1.02. The molecule has 0 fully saturated rings. The normalized spacial score (nSPS) is 10.3. The summed E-state index contributed by atoms with van der Waals surface area (Å²) in [6.45, 7) is 1.15. The van der Waals surface area contributed by atoms with Crippen molar-refractivity contribution >= 4 is 12.6 Å². The van der Waals surface area contributed by atoms with Crippen molar-refractivity contribution in [3.8, 4) is 0 Å². The number of aromatic nitrogens is 1. The van der Waals surface area contributed by atoms with E-state index in [1.807, 2.05) is 0 Å². The molecule has 1 rings (SSSR count). The third-order valence-corrected chi connectivity index (χ3v) is 2.06. The molecule has 0 atom stereocenters. The number of thiol groups is 1. The van der Waals surface area contributed by atoms with Gasteiger partial charge in [-0.15, -0.1) is 0 Å². The number of unbranched alkanes of at least 4 members (excludes halogenated alkanes) is 2. The molecule has 0 amide bonds. The maximum Gasteiger partial charge on any atom is 0.0219 e. The van der Waals surface area contributed by atoms with Crippen LogP contribution in [0.1, 0.15) is 19.3 Å².